The monoisotopic (exact) mass is 313 g/mol. The molecule has 0 unspecified atom stereocenters. The van der Waals surface area contributed by atoms with E-state index in [2.05, 4.69) is 44.8 Å². The topological polar surface area (TPSA) is 58.3 Å². The molecule has 6 nitrogen and oxygen atoms in total. The summed E-state index contributed by atoms with van der Waals surface area (Å²) in [6.07, 6.45) is 4.19. The Labute approximate surface area is 136 Å². The van der Waals surface area contributed by atoms with Crippen molar-refractivity contribution in [2.75, 3.05) is 31.1 Å². The van der Waals surface area contributed by atoms with Crippen molar-refractivity contribution in [2.45, 2.75) is 38.6 Å². The van der Waals surface area contributed by atoms with Crippen LogP contribution in [0.4, 0.5) is 5.82 Å². The van der Waals surface area contributed by atoms with Gasteiger partial charge in [-0.2, -0.15) is 4.98 Å². The summed E-state index contributed by atoms with van der Waals surface area (Å²) in [5.74, 6) is 2.94. The van der Waals surface area contributed by atoms with Gasteiger partial charge in [0.25, 0.3) is 0 Å². The van der Waals surface area contributed by atoms with Crippen LogP contribution in [0, 0.1) is 0 Å². The van der Waals surface area contributed by atoms with Crippen molar-refractivity contribution in [2.24, 2.45) is 0 Å². The van der Waals surface area contributed by atoms with Crippen molar-refractivity contribution in [3.8, 4) is 11.4 Å². The van der Waals surface area contributed by atoms with Gasteiger partial charge in [-0.05, 0) is 38.8 Å². The first kappa shape index (κ1) is 14.6. The second kappa shape index (κ2) is 5.92. The van der Waals surface area contributed by atoms with Crippen LogP contribution < -0.4 is 4.90 Å². The molecule has 1 aliphatic heterocycles. The minimum atomic E-state index is 0.487. The molecule has 6 heteroatoms. The van der Waals surface area contributed by atoms with E-state index in [1.54, 1.807) is 0 Å². The summed E-state index contributed by atoms with van der Waals surface area (Å²) in [5, 5.41) is 4.07. The fourth-order valence-corrected chi connectivity index (χ4v) is 3.02. The minimum Gasteiger partial charge on any atom is -0.354 e. The highest BCUT2D eigenvalue weighted by atomic mass is 16.5. The largest absolute Gasteiger partial charge is 0.354 e. The Morgan fingerprint density at radius 1 is 1.13 bits per heavy atom. The van der Waals surface area contributed by atoms with Gasteiger partial charge in [0.2, 0.25) is 11.7 Å². The van der Waals surface area contributed by atoms with Crippen LogP contribution in [-0.2, 0) is 0 Å². The zero-order valence-corrected chi connectivity index (χ0v) is 13.8. The van der Waals surface area contributed by atoms with Crippen LogP contribution in [0.2, 0.25) is 0 Å². The highest BCUT2D eigenvalue weighted by Crippen LogP contribution is 2.39. The quantitative estimate of drug-likeness (QED) is 0.864. The lowest BCUT2D eigenvalue weighted by Gasteiger charge is -2.37. The third kappa shape index (κ3) is 3.08. The zero-order chi connectivity index (χ0) is 15.8. The van der Waals surface area contributed by atoms with Gasteiger partial charge in [-0.15, -0.1) is 0 Å². The third-order valence-corrected chi connectivity index (χ3v) is 4.74. The molecular weight excluding hydrogens is 290 g/mol. The molecule has 0 aromatic carbocycles. The first-order chi connectivity index (χ1) is 11.2. The average molecular weight is 313 g/mol. The van der Waals surface area contributed by atoms with Gasteiger partial charge in [0.1, 0.15) is 5.82 Å². The van der Waals surface area contributed by atoms with Crippen LogP contribution >= 0.6 is 0 Å². The summed E-state index contributed by atoms with van der Waals surface area (Å²) in [6, 6.07) is 4.72. The van der Waals surface area contributed by atoms with Crippen LogP contribution in [-0.4, -0.2) is 52.2 Å². The number of piperazine rings is 1. The summed E-state index contributed by atoms with van der Waals surface area (Å²) in [5.41, 5.74) is 0.921. The second-order valence-corrected chi connectivity index (χ2v) is 6.75. The molecule has 2 aliphatic rings. The molecule has 1 saturated heterocycles. The number of anilines is 1. The molecule has 0 spiro atoms. The SMILES string of the molecule is CC(C)N1CCN(c2ccc(-c3noc(C4CC4)n3)cn2)CC1. The van der Waals surface area contributed by atoms with E-state index in [0.29, 0.717) is 17.8 Å². The van der Waals surface area contributed by atoms with Gasteiger partial charge in [-0.25, -0.2) is 4.98 Å². The zero-order valence-electron chi connectivity index (χ0n) is 13.8. The molecule has 1 aliphatic carbocycles. The lowest BCUT2D eigenvalue weighted by molar-refractivity contribution is 0.209. The second-order valence-electron chi connectivity index (χ2n) is 6.75. The van der Waals surface area contributed by atoms with Crippen LogP contribution in [0.3, 0.4) is 0 Å². The molecule has 1 saturated carbocycles. The van der Waals surface area contributed by atoms with Crippen molar-refractivity contribution in [1.82, 2.24) is 20.0 Å². The number of rotatable bonds is 4. The van der Waals surface area contributed by atoms with Crippen molar-refractivity contribution in [1.29, 1.82) is 0 Å². The Morgan fingerprint density at radius 2 is 1.91 bits per heavy atom. The lowest BCUT2D eigenvalue weighted by atomic mass is 10.2. The van der Waals surface area contributed by atoms with E-state index in [1.165, 1.54) is 12.8 Å². The Kier molecular flexibility index (Phi) is 3.77. The van der Waals surface area contributed by atoms with Crippen molar-refractivity contribution >= 4 is 5.82 Å². The Balaban J connectivity index is 1.43. The molecule has 4 rings (SSSR count). The molecule has 2 fully saturated rings. The Bertz CT molecular complexity index is 654. The van der Waals surface area contributed by atoms with Crippen LogP contribution in [0.1, 0.15) is 38.5 Å². The van der Waals surface area contributed by atoms with E-state index in [0.717, 1.165) is 43.5 Å². The van der Waals surface area contributed by atoms with Crippen molar-refractivity contribution in [3.63, 3.8) is 0 Å². The number of pyridine rings is 1. The van der Waals surface area contributed by atoms with E-state index in [4.69, 9.17) is 4.52 Å². The molecule has 2 aromatic rings. The molecule has 0 radical (unpaired) electrons. The standard InChI is InChI=1S/C17H23N5O/c1-12(2)21-7-9-22(10-8-21)15-6-5-14(11-18-15)16-19-17(23-20-16)13-3-4-13/h5-6,11-13H,3-4,7-10H2,1-2H3. The highest BCUT2D eigenvalue weighted by Gasteiger charge is 2.29. The average Bonchev–Trinajstić information content (AvgIpc) is 3.32. The van der Waals surface area contributed by atoms with Gasteiger partial charge in [0.05, 0.1) is 0 Å². The Morgan fingerprint density at radius 3 is 2.52 bits per heavy atom. The van der Waals surface area contributed by atoms with Gasteiger partial charge >= 0.3 is 0 Å². The van der Waals surface area contributed by atoms with Crippen LogP contribution in [0.5, 0.6) is 0 Å². The molecule has 2 aromatic heterocycles. The molecule has 122 valence electrons. The Hall–Kier alpha value is -1.95. The maximum Gasteiger partial charge on any atom is 0.230 e. The molecular formula is C17H23N5O. The summed E-state index contributed by atoms with van der Waals surface area (Å²) in [4.78, 5) is 13.9. The molecule has 0 bridgehead atoms. The molecule has 0 atom stereocenters. The van der Waals surface area contributed by atoms with Gasteiger partial charge in [-0.3, -0.25) is 4.90 Å². The van der Waals surface area contributed by atoms with E-state index in [-0.39, 0.29) is 0 Å². The van der Waals surface area contributed by atoms with E-state index < -0.39 is 0 Å². The first-order valence-corrected chi connectivity index (χ1v) is 8.50. The summed E-state index contributed by atoms with van der Waals surface area (Å²) >= 11 is 0. The molecule has 0 N–H and O–H groups in total. The van der Waals surface area contributed by atoms with Gasteiger partial charge in [0.15, 0.2) is 0 Å². The predicted octanol–water partition coefficient (Wildman–Crippen LogP) is 2.54. The molecule has 3 heterocycles. The highest BCUT2D eigenvalue weighted by molar-refractivity contribution is 5.56. The van der Waals surface area contributed by atoms with Gasteiger partial charge in [-0.1, -0.05) is 5.16 Å². The maximum absolute atomic E-state index is 5.32. The summed E-state index contributed by atoms with van der Waals surface area (Å²) in [7, 11) is 0. The van der Waals surface area contributed by atoms with Gasteiger partial charge < -0.3 is 9.42 Å². The predicted molar refractivity (Wildman–Crippen MR) is 88.4 cm³/mol. The third-order valence-electron chi connectivity index (χ3n) is 4.74. The summed E-state index contributed by atoms with van der Waals surface area (Å²) in [6.45, 7) is 8.75. The number of hydrogen-bond donors (Lipinski definition) is 0. The number of hydrogen-bond acceptors (Lipinski definition) is 6. The number of aromatic nitrogens is 3. The minimum absolute atomic E-state index is 0.487. The fourth-order valence-electron chi connectivity index (χ4n) is 3.02. The van der Waals surface area contributed by atoms with Gasteiger partial charge in [0, 0.05) is 49.9 Å². The van der Waals surface area contributed by atoms with E-state index in [9.17, 15) is 0 Å². The van der Waals surface area contributed by atoms with Crippen molar-refractivity contribution in [3.05, 3.63) is 24.2 Å². The summed E-state index contributed by atoms with van der Waals surface area (Å²) < 4.78 is 5.32. The first-order valence-electron chi connectivity index (χ1n) is 8.50. The van der Waals surface area contributed by atoms with Crippen molar-refractivity contribution < 1.29 is 4.52 Å². The van der Waals surface area contributed by atoms with E-state index >= 15 is 0 Å². The van der Waals surface area contributed by atoms with Crippen LogP contribution in [0.25, 0.3) is 11.4 Å². The smallest absolute Gasteiger partial charge is 0.230 e. The van der Waals surface area contributed by atoms with E-state index in [1.807, 2.05) is 12.3 Å². The van der Waals surface area contributed by atoms with Crippen LogP contribution in [0.15, 0.2) is 22.9 Å². The maximum atomic E-state index is 5.32. The lowest BCUT2D eigenvalue weighted by Crippen LogP contribution is -2.49. The molecule has 0 amide bonds. The normalized spacial score (nSPS) is 19.5. The molecule has 23 heavy (non-hydrogen) atoms. The fraction of sp³-hybridized carbons (Fsp3) is 0.588. The number of nitrogens with zero attached hydrogens (tertiary/aromatic N) is 5.